The standard InChI is InChI=1S/C50H38N2P2/c1-53(39-25-13-5-14-26-39,40-27-15-6-16-28-40)45-35-51-49-43(47(45)37-21-9-3-10-22-37)33-34-44-48(38-23-11-4-12-24-38)46(36-52-50(44)49)54(2,41-29-17-7-18-30-41)42-31-19-8-20-32-42/h3-36H,1-2H2. The lowest BCUT2D eigenvalue weighted by molar-refractivity contribution is 1.39. The summed E-state index contributed by atoms with van der Waals surface area (Å²) in [5.74, 6) is 0. The van der Waals surface area contributed by atoms with Crippen LogP contribution in [0.3, 0.4) is 0 Å². The fourth-order valence-corrected chi connectivity index (χ4v) is 14.1. The first-order valence-corrected chi connectivity index (χ1v) is 22.1. The van der Waals surface area contributed by atoms with Gasteiger partial charge in [0.1, 0.15) is 0 Å². The van der Waals surface area contributed by atoms with E-state index in [9.17, 15) is 0 Å². The zero-order valence-corrected chi connectivity index (χ0v) is 31.6. The Morgan fingerprint density at radius 2 is 0.574 bits per heavy atom. The lowest BCUT2D eigenvalue weighted by atomic mass is 9.96. The number of nitrogens with zero attached hydrogens (tertiary/aromatic N) is 2. The van der Waals surface area contributed by atoms with Crippen LogP contribution >= 0.6 is 13.8 Å². The monoisotopic (exact) mass is 728 g/mol. The van der Waals surface area contributed by atoms with Gasteiger partial charge in [-0.15, -0.1) is 0 Å². The molecule has 2 heterocycles. The number of pyridine rings is 2. The molecule has 9 rings (SSSR count). The van der Waals surface area contributed by atoms with Crippen molar-refractivity contribution in [3.05, 3.63) is 207 Å². The summed E-state index contributed by atoms with van der Waals surface area (Å²) in [6.45, 7) is -4.77. The zero-order valence-electron chi connectivity index (χ0n) is 29.8. The number of fused-ring (bicyclic) bond motifs is 3. The molecular formula is C50H38N2P2. The molecule has 4 heteroatoms. The third-order valence-corrected chi connectivity index (χ3v) is 17.6. The van der Waals surface area contributed by atoms with Crippen molar-refractivity contribution >= 4 is 80.0 Å². The van der Waals surface area contributed by atoms with Crippen LogP contribution in [0.25, 0.3) is 44.1 Å². The van der Waals surface area contributed by atoms with Gasteiger partial charge in [-0.3, -0.25) is 9.97 Å². The van der Waals surface area contributed by atoms with Crippen molar-refractivity contribution in [2.24, 2.45) is 0 Å². The minimum atomic E-state index is -2.39. The summed E-state index contributed by atoms with van der Waals surface area (Å²) in [7, 11) is 0. The highest BCUT2D eigenvalue weighted by atomic mass is 31.2. The Bertz CT molecular complexity index is 2560. The molecule has 0 saturated carbocycles. The van der Waals surface area contributed by atoms with Crippen molar-refractivity contribution in [2.75, 3.05) is 0 Å². The first-order valence-electron chi connectivity index (χ1n) is 18.1. The Morgan fingerprint density at radius 3 is 0.852 bits per heavy atom. The Kier molecular flexibility index (Phi) is 8.80. The Balaban J connectivity index is 1.39. The molecule has 2 nitrogen and oxygen atoms in total. The molecule has 2 aromatic heterocycles. The zero-order chi connectivity index (χ0) is 36.5. The minimum absolute atomic E-state index is 0.874. The number of rotatable bonds is 8. The van der Waals surface area contributed by atoms with Crippen LogP contribution in [0, 0.1) is 0 Å². The van der Waals surface area contributed by atoms with E-state index in [0.29, 0.717) is 0 Å². The lowest BCUT2D eigenvalue weighted by Gasteiger charge is -2.30. The summed E-state index contributed by atoms with van der Waals surface area (Å²) in [6, 6.07) is 68.9. The molecule has 0 radical (unpaired) electrons. The molecule has 9 aromatic rings. The molecule has 54 heavy (non-hydrogen) atoms. The van der Waals surface area contributed by atoms with Crippen molar-refractivity contribution in [1.82, 2.24) is 9.97 Å². The molecule has 0 N–H and O–H groups in total. The van der Waals surface area contributed by atoms with Crippen LogP contribution < -0.4 is 31.8 Å². The molecule has 0 atom stereocenters. The summed E-state index contributed by atoms with van der Waals surface area (Å²) < 4.78 is 0. The molecule has 0 spiro atoms. The minimum Gasteiger partial charge on any atom is -0.253 e. The topological polar surface area (TPSA) is 25.8 Å². The highest BCUT2D eigenvalue weighted by Gasteiger charge is 2.30. The van der Waals surface area contributed by atoms with E-state index in [-0.39, 0.29) is 0 Å². The Morgan fingerprint density at radius 1 is 0.315 bits per heavy atom. The first-order chi connectivity index (χ1) is 26.6. The summed E-state index contributed by atoms with van der Waals surface area (Å²) in [4.78, 5) is 10.7. The second-order valence-corrected chi connectivity index (χ2v) is 19.9. The molecule has 7 aromatic carbocycles. The molecule has 0 aliphatic rings. The van der Waals surface area contributed by atoms with Gasteiger partial charge in [0.05, 0.1) is 11.0 Å². The van der Waals surface area contributed by atoms with Gasteiger partial charge in [-0.05, 0) is 46.1 Å². The predicted octanol–water partition coefficient (Wildman–Crippen LogP) is 9.57. The van der Waals surface area contributed by atoms with Gasteiger partial charge in [0.25, 0.3) is 0 Å². The van der Waals surface area contributed by atoms with Crippen molar-refractivity contribution in [1.29, 1.82) is 0 Å². The van der Waals surface area contributed by atoms with E-state index in [0.717, 1.165) is 54.7 Å². The number of benzene rings is 7. The normalized spacial score (nSPS) is 11.9. The Hall–Kier alpha value is -6.04. The van der Waals surface area contributed by atoms with Crippen LogP contribution in [0.1, 0.15) is 0 Å². The summed E-state index contributed by atoms with van der Waals surface area (Å²) in [6.07, 6.45) is 14.5. The Labute approximate surface area is 317 Å². The SMILES string of the molecule is C=P(c1ccccc1)(c1ccccc1)c1cnc2c(ccc3c(-c4ccccc4)c(P(=C)(c4ccccc4)c4ccccc4)cnc32)c1-c1ccccc1. The maximum atomic E-state index is 5.37. The van der Waals surface area contributed by atoms with Crippen molar-refractivity contribution in [2.45, 2.75) is 0 Å². The highest BCUT2D eigenvalue weighted by molar-refractivity contribution is 7.94. The molecule has 0 saturated heterocycles. The van der Waals surface area contributed by atoms with Crippen LogP contribution in [-0.4, -0.2) is 22.6 Å². The lowest BCUT2D eigenvalue weighted by Crippen LogP contribution is -2.28. The quantitative estimate of drug-likeness (QED) is 0.115. The molecule has 0 fully saturated rings. The van der Waals surface area contributed by atoms with E-state index in [1.54, 1.807) is 0 Å². The summed E-state index contributed by atoms with van der Waals surface area (Å²) in [5.41, 5.74) is 6.32. The third-order valence-electron chi connectivity index (χ3n) is 10.6. The largest absolute Gasteiger partial charge is 0.253 e. The van der Waals surface area contributed by atoms with E-state index in [1.165, 1.54) is 21.2 Å². The van der Waals surface area contributed by atoms with Crippen molar-refractivity contribution < 1.29 is 0 Å². The predicted molar refractivity (Wildman–Crippen MR) is 240 cm³/mol. The smallest absolute Gasteiger partial charge is 0.0971 e. The van der Waals surface area contributed by atoms with Gasteiger partial charge in [0.15, 0.2) is 0 Å². The number of hydrogen-bond acceptors (Lipinski definition) is 2. The fraction of sp³-hybridized carbons (Fsp3) is 0. The maximum absolute atomic E-state index is 5.37. The second kappa shape index (κ2) is 14.1. The van der Waals surface area contributed by atoms with Gasteiger partial charge < -0.3 is 0 Å². The van der Waals surface area contributed by atoms with Gasteiger partial charge in [-0.1, -0.05) is 207 Å². The van der Waals surface area contributed by atoms with Gasteiger partial charge in [-0.2, -0.15) is 0 Å². The number of hydrogen-bond donors (Lipinski definition) is 0. The van der Waals surface area contributed by atoms with Gasteiger partial charge in [0.2, 0.25) is 0 Å². The molecule has 0 amide bonds. The van der Waals surface area contributed by atoms with Gasteiger partial charge in [0, 0.05) is 44.9 Å². The van der Waals surface area contributed by atoms with E-state index in [1.807, 2.05) is 0 Å². The van der Waals surface area contributed by atoms with Crippen LogP contribution in [0.2, 0.25) is 0 Å². The highest BCUT2D eigenvalue weighted by Crippen LogP contribution is 2.49. The average Bonchev–Trinajstić information content (AvgIpc) is 3.26. The molecule has 0 aliphatic carbocycles. The molecule has 0 unspecified atom stereocenters. The third kappa shape index (κ3) is 5.59. The van der Waals surface area contributed by atoms with E-state index >= 15 is 0 Å². The molecular weight excluding hydrogens is 691 g/mol. The van der Waals surface area contributed by atoms with E-state index in [2.05, 4.69) is 207 Å². The summed E-state index contributed by atoms with van der Waals surface area (Å²) in [5, 5.41) is 9.26. The number of aromatic nitrogens is 2. The van der Waals surface area contributed by atoms with Gasteiger partial charge >= 0.3 is 0 Å². The molecule has 0 aliphatic heterocycles. The van der Waals surface area contributed by atoms with Crippen LogP contribution in [0.4, 0.5) is 0 Å². The van der Waals surface area contributed by atoms with Crippen LogP contribution in [0.5, 0.6) is 0 Å². The maximum Gasteiger partial charge on any atom is 0.0971 e. The molecule has 258 valence electrons. The summed E-state index contributed by atoms with van der Waals surface area (Å²) >= 11 is 0. The van der Waals surface area contributed by atoms with E-state index in [4.69, 9.17) is 22.6 Å². The van der Waals surface area contributed by atoms with Crippen LogP contribution in [-0.2, 0) is 0 Å². The fourth-order valence-electron chi connectivity index (χ4n) is 7.88. The molecule has 0 bridgehead atoms. The van der Waals surface area contributed by atoms with E-state index < -0.39 is 13.8 Å². The van der Waals surface area contributed by atoms with Crippen LogP contribution in [0.15, 0.2) is 207 Å². The van der Waals surface area contributed by atoms with Crippen molar-refractivity contribution in [3.63, 3.8) is 0 Å². The van der Waals surface area contributed by atoms with Gasteiger partial charge in [-0.25, -0.2) is 0 Å². The first kappa shape index (κ1) is 33.8. The average molecular weight is 729 g/mol. The van der Waals surface area contributed by atoms with Crippen molar-refractivity contribution in [3.8, 4) is 22.3 Å². The second-order valence-electron chi connectivity index (χ2n) is 13.6.